The third kappa shape index (κ3) is 16.1. The number of carbonyl (C=O) groups excluding carboxylic acids is 8. The standard InChI is InChI=1S/C29H45N5O10S/c1-5-8-22(35)33-21(18-45-17-20(44-27(40)10-7-3)16-43-26(39)9-6-2)29(42)32-19(4)28(41)31-15-23(36)30-13-14-34-24(37)11-12-25(34)38/h11-12,19-21H,5-10,13-18H2,1-4H3,(H,30,36)(H,31,41)(H,32,42)(H,33,35). The molecule has 0 fully saturated rings. The minimum Gasteiger partial charge on any atom is -0.462 e. The zero-order chi connectivity index (χ0) is 33.8. The lowest BCUT2D eigenvalue weighted by Crippen LogP contribution is -2.54. The molecule has 0 aliphatic carbocycles. The van der Waals surface area contributed by atoms with Crippen LogP contribution in [0.1, 0.15) is 66.2 Å². The van der Waals surface area contributed by atoms with Crippen LogP contribution < -0.4 is 21.3 Å². The molecule has 15 nitrogen and oxygen atoms in total. The molecular formula is C29H45N5O10S. The summed E-state index contributed by atoms with van der Waals surface area (Å²) in [6.45, 7) is 6.30. The maximum absolute atomic E-state index is 13.1. The van der Waals surface area contributed by atoms with E-state index in [2.05, 4.69) is 21.3 Å². The zero-order valence-electron chi connectivity index (χ0n) is 26.3. The van der Waals surface area contributed by atoms with E-state index in [9.17, 15) is 38.4 Å². The number of thioether (sulfide) groups is 1. The van der Waals surface area contributed by atoms with Crippen LogP contribution in [0.5, 0.6) is 0 Å². The summed E-state index contributed by atoms with van der Waals surface area (Å²) in [4.78, 5) is 98.0. The summed E-state index contributed by atoms with van der Waals surface area (Å²) in [6, 6.07) is -2.10. The number of amides is 6. The molecule has 45 heavy (non-hydrogen) atoms. The normalized spacial score (nSPS) is 14.3. The molecule has 0 bridgehead atoms. The first kappa shape index (κ1) is 39.1. The third-order valence-corrected chi connectivity index (χ3v) is 7.26. The smallest absolute Gasteiger partial charge is 0.306 e. The van der Waals surface area contributed by atoms with Crippen molar-refractivity contribution in [2.24, 2.45) is 0 Å². The topological polar surface area (TPSA) is 206 Å². The number of nitrogens with one attached hydrogen (secondary N) is 4. The Morgan fingerprint density at radius 2 is 1.42 bits per heavy atom. The van der Waals surface area contributed by atoms with Crippen molar-refractivity contribution in [2.45, 2.75) is 84.4 Å². The van der Waals surface area contributed by atoms with Crippen molar-refractivity contribution in [3.05, 3.63) is 12.2 Å². The van der Waals surface area contributed by atoms with Gasteiger partial charge in [0.15, 0.2) is 0 Å². The highest BCUT2D eigenvalue weighted by Crippen LogP contribution is 2.12. The molecule has 0 spiro atoms. The molecule has 0 radical (unpaired) electrons. The summed E-state index contributed by atoms with van der Waals surface area (Å²) >= 11 is 1.20. The first-order valence-corrected chi connectivity index (χ1v) is 16.2. The first-order chi connectivity index (χ1) is 21.4. The number of rotatable bonds is 22. The van der Waals surface area contributed by atoms with Crippen LogP contribution in [0.4, 0.5) is 0 Å². The number of nitrogens with zero attached hydrogens (tertiary/aromatic N) is 1. The van der Waals surface area contributed by atoms with Crippen molar-refractivity contribution in [3.63, 3.8) is 0 Å². The number of hydrogen-bond acceptors (Lipinski definition) is 11. The van der Waals surface area contributed by atoms with Gasteiger partial charge in [0.25, 0.3) is 11.8 Å². The van der Waals surface area contributed by atoms with Crippen molar-refractivity contribution in [3.8, 4) is 0 Å². The summed E-state index contributed by atoms with van der Waals surface area (Å²) < 4.78 is 10.7. The monoisotopic (exact) mass is 655 g/mol. The Bertz CT molecular complexity index is 1080. The molecule has 0 aromatic carbocycles. The summed E-state index contributed by atoms with van der Waals surface area (Å²) in [5.41, 5.74) is 0. The van der Waals surface area contributed by atoms with Gasteiger partial charge in [-0.3, -0.25) is 43.3 Å². The van der Waals surface area contributed by atoms with Crippen molar-refractivity contribution in [1.82, 2.24) is 26.2 Å². The minimum atomic E-state index is -1.06. The van der Waals surface area contributed by atoms with Crippen LogP contribution in [0, 0.1) is 0 Å². The van der Waals surface area contributed by atoms with Gasteiger partial charge < -0.3 is 30.7 Å². The Morgan fingerprint density at radius 1 is 0.800 bits per heavy atom. The molecule has 1 rings (SSSR count). The number of carbonyl (C=O) groups is 8. The third-order valence-electron chi connectivity index (χ3n) is 6.09. The lowest BCUT2D eigenvalue weighted by atomic mass is 10.2. The Balaban J connectivity index is 2.65. The second-order valence-corrected chi connectivity index (χ2v) is 11.2. The van der Waals surface area contributed by atoms with Gasteiger partial charge in [-0.1, -0.05) is 20.8 Å². The van der Waals surface area contributed by atoms with E-state index in [-0.39, 0.29) is 56.4 Å². The molecule has 16 heteroatoms. The molecule has 0 aromatic rings. The van der Waals surface area contributed by atoms with Crippen LogP contribution in [0.15, 0.2) is 12.2 Å². The Hall–Kier alpha value is -3.95. The van der Waals surface area contributed by atoms with Crippen LogP contribution in [-0.2, 0) is 47.8 Å². The van der Waals surface area contributed by atoms with E-state index in [0.29, 0.717) is 19.3 Å². The lowest BCUT2D eigenvalue weighted by Gasteiger charge is -2.22. The Labute approximate surface area is 267 Å². The van der Waals surface area contributed by atoms with Gasteiger partial charge >= 0.3 is 11.9 Å². The van der Waals surface area contributed by atoms with Gasteiger partial charge in [-0.05, 0) is 26.2 Å². The second kappa shape index (κ2) is 21.7. The zero-order valence-corrected chi connectivity index (χ0v) is 27.1. The maximum atomic E-state index is 13.1. The molecule has 6 amide bonds. The number of esters is 2. The number of hydrogen-bond donors (Lipinski definition) is 4. The summed E-state index contributed by atoms with van der Waals surface area (Å²) in [7, 11) is 0. The molecule has 1 aliphatic heterocycles. The van der Waals surface area contributed by atoms with Crippen molar-refractivity contribution >= 4 is 59.1 Å². The molecule has 3 unspecified atom stereocenters. The van der Waals surface area contributed by atoms with Crippen LogP contribution >= 0.6 is 11.8 Å². The first-order valence-electron chi connectivity index (χ1n) is 15.0. The fourth-order valence-corrected chi connectivity index (χ4v) is 4.78. The molecule has 1 aliphatic rings. The quantitative estimate of drug-likeness (QED) is 0.0882. The molecule has 4 N–H and O–H groups in total. The highest BCUT2D eigenvalue weighted by molar-refractivity contribution is 7.99. The molecule has 0 aromatic heterocycles. The minimum absolute atomic E-state index is 0.00318. The predicted molar refractivity (Wildman–Crippen MR) is 164 cm³/mol. The van der Waals surface area contributed by atoms with Gasteiger partial charge in [-0.2, -0.15) is 11.8 Å². The van der Waals surface area contributed by atoms with E-state index in [4.69, 9.17) is 9.47 Å². The SMILES string of the molecule is CCCC(=O)NC(CSCC(COC(=O)CCC)OC(=O)CCC)C(=O)NC(C)C(=O)NCC(=O)NCCN1C(=O)C=CC1=O. The van der Waals surface area contributed by atoms with Crippen LogP contribution in [0.25, 0.3) is 0 Å². The molecule has 1 heterocycles. The molecular weight excluding hydrogens is 610 g/mol. The largest absolute Gasteiger partial charge is 0.462 e. The second-order valence-electron chi connectivity index (χ2n) is 10.2. The average molecular weight is 656 g/mol. The number of ether oxygens (including phenoxy) is 2. The maximum Gasteiger partial charge on any atom is 0.306 e. The molecule has 0 saturated heterocycles. The summed E-state index contributed by atoms with van der Waals surface area (Å²) in [5.74, 6) is -3.77. The van der Waals surface area contributed by atoms with Crippen molar-refractivity contribution in [1.29, 1.82) is 0 Å². The fourth-order valence-electron chi connectivity index (χ4n) is 3.74. The highest BCUT2D eigenvalue weighted by atomic mass is 32.2. The van der Waals surface area contributed by atoms with Crippen LogP contribution in [0.2, 0.25) is 0 Å². The lowest BCUT2D eigenvalue weighted by molar-refractivity contribution is -0.157. The van der Waals surface area contributed by atoms with E-state index in [1.165, 1.54) is 18.7 Å². The van der Waals surface area contributed by atoms with Gasteiger partial charge in [0.1, 0.15) is 24.8 Å². The van der Waals surface area contributed by atoms with Gasteiger partial charge in [0, 0.05) is 56.0 Å². The molecule has 3 atom stereocenters. The van der Waals surface area contributed by atoms with Crippen LogP contribution in [0.3, 0.4) is 0 Å². The van der Waals surface area contributed by atoms with E-state index >= 15 is 0 Å². The van der Waals surface area contributed by atoms with Gasteiger partial charge in [-0.15, -0.1) is 0 Å². The van der Waals surface area contributed by atoms with Crippen LogP contribution in [-0.4, -0.2) is 108 Å². The molecule has 252 valence electrons. The summed E-state index contributed by atoms with van der Waals surface area (Å²) in [6.07, 6.45) is 3.85. The van der Waals surface area contributed by atoms with Gasteiger partial charge in [0.2, 0.25) is 23.6 Å². The van der Waals surface area contributed by atoms with Crippen molar-refractivity contribution in [2.75, 3.05) is 37.7 Å². The summed E-state index contributed by atoms with van der Waals surface area (Å²) in [5, 5.41) is 10.1. The highest BCUT2D eigenvalue weighted by Gasteiger charge is 2.26. The fraction of sp³-hybridized carbons (Fsp3) is 0.655. The van der Waals surface area contributed by atoms with E-state index in [1.54, 1.807) is 0 Å². The Morgan fingerprint density at radius 3 is 2.04 bits per heavy atom. The van der Waals surface area contributed by atoms with Gasteiger partial charge in [-0.25, -0.2) is 0 Å². The molecule has 0 saturated carbocycles. The van der Waals surface area contributed by atoms with Gasteiger partial charge in [0.05, 0.1) is 6.54 Å². The average Bonchev–Trinajstić information content (AvgIpc) is 3.30. The van der Waals surface area contributed by atoms with E-state index in [1.807, 2.05) is 20.8 Å². The number of imide groups is 1. The van der Waals surface area contributed by atoms with E-state index < -0.39 is 66.2 Å². The Kier molecular flexibility index (Phi) is 18.8. The van der Waals surface area contributed by atoms with Crippen molar-refractivity contribution < 1.29 is 47.8 Å². The van der Waals surface area contributed by atoms with E-state index in [0.717, 1.165) is 17.1 Å². The predicted octanol–water partition coefficient (Wildman–Crippen LogP) is -0.278.